The molecule has 5 aromatic carbocycles. The second-order valence-corrected chi connectivity index (χ2v) is 13.6. The first-order chi connectivity index (χ1) is 16.2. The first kappa shape index (κ1) is 22.1. The zero-order chi connectivity index (χ0) is 22.6. The van der Waals surface area contributed by atoms with E-state index in [4.69, 9.17) is 0 Å². The van der Waals surface area contributed by atoms with Crippen LogP contribution in [0.4, 0.5) is 0 Å². The molecule has 160 valence electrons. The van der Waals surface area contributed by atoms with E-state index in [-0.39, 0.29) is 13.8 Å². The topological polar surface area (TPSA) is 0 Å². The van der Waals surface area contributed by atoms with E-state index in [2.05, 4.69) is 135 Å². The Morgan fingerprint density at radius 2 is 1.09 bits per heavy atom. The summed E-state index contributed by atoms with van der Waals surface area (Å²) in [5, 5.41) is 4.41. The average molecular weight is 503 g/mol. The third-order valence-electron chi connectivity index (χ3n) is 6.17. The van der Waals surface area contributed by atoms with Gasteiger partial charge in [-0.05, 0) is 0 Å². The summed E-state index contributed by atoms with van der Waals surface area (Å²) in [6.07, 6.45) is 0. The summed E-state index contributed by atoms with van der Waals surface area (Å²) in [5.74, 6) is 0.247. The van der Waals surface area contributed by atoms with Crippen molar-refractivity contribution in [3.05, 3.63) is 138 Å². The summed E-state index contributed by atoms with van der Waals surface area (Å²) in [4.78, 5) is 0. The Labute approximate surface area is 204 Å². The van der Waals surface area contributed by atoms with Gasteiger partial charge in [-0.2, -0.15) is 0 Å². The minimum absolute atomic E-state index is 0.159. The zero-order valence-electron chi connectivity index (χ0n) is 19.1. The van der Waals surface area contributed by atoms with Crippen LogP contribution in [0.1, 0.15) is 22.6 Å². The number of hydrogen-bond acceptors (Lipinski definition) is 0. The van der Waals surface area contributed by atoms with Gasteiger partial charge in [0, 0.05) is 0 Å². The molecule has 0 saturated carbocycles. The Bertz CT molecular complexity index is 1320. The number of benzene rings is 5. The van der Waals surface area contributed by atoms with Gasteiger partial charge in [-0.15, -0.1) is 0 Å². The van der Waals surface area contributed by atoms with E-state index in [1.54, 1.807) is 4.40 Å². The number of rotatable bonds is 6. The SMILES string of the molecule is CP(C)c1cccc2ccc[c]([Ge][c]3ccccc3C(c3ccccc3)c3ccccc3)c12. The molecule has 5 aromatic rings. The van der Waals surface area contributed by atoms with Gasteiger partial charge < -0.3 is 0 Å². The van der Waals surface area contributed by atoms with Gasteiger partial charge in [-0.25, -0.2) is 0 Å². The van der Waals surface area contributed by atoms with Crippen molar-refractivity contribution in [3.63, 3.8) is 0 Å². The fourth-order valence-electron chi connectivity index (χ4n) is 4.65. The van der Waals surface area contributed by atoms with E-state index in [1.807, 2.05) is 0 Å². The molecule has 2 radical (unpaired) electrons. The van der Waals surface area contributed by atoms with E-state index in [1.165, 1.54) is 37.2 Å². The van der Waals surface area contributed by atoms with Crippen LogP contribution < -0.4 is 14.1 Å². The van der Waals surface area contributed by atoms with E-state index in [0.717, 1.165) is 0 Å². The Kier molecular flexibility index (Phi) is 6.76. The van der Waals surface area contributed by atoms with Crippen LogP contribution in [-0.4, -0.2) is 28.8 Å². The number of hydrogen-bond donors (Lipinski definition) is 0. The summed E-state index contributed by atoms with van der Waals surface area (Å²) in [7, 11) is -0.159. The summed E-state index contributed by atoms with van der Waals surface area (Å²) < 4.78 is 3.07. The fraction of sp³-hybridized carbons (Fsp3) is 0.0968. The van der Waals surface area contributed by atoms with Crippen LogP contribution in [0.5, 0.6) is 0 Å². The van der Waals surface area contributed by atoms with E-state index in [0.29, 0.717) is 0 Å². The molecule has 5 rings (SSSR count). The first-order valence-corrected chi connectivity index (χ1v) is 15.7. The molecule has 0 aliphatic rings. The van der Waals surface area contributed by atoms with Crippen molar-refractivity contribution in [1.29, 1.82) is 0 Å². The van der Waals surface area contributed by atoms with Crippen LogP contribution in [0, 0.1) is 0 Å². The third-order valence-corrected chi connectivity index (χ3v) is 10.5. The van der Waals surface area contributed by atoms with Crippen molar-refractivity contribution >= 4 is 48.2 Å². The first-order valence-electron chi connectivity index (χ1n) is 11.4. The standard InChI is InChI=1S/C31H27GeP/c1-33(2)29-22-12-18-25-17-11-21-28(31(25)29)32-27-20-10-9-19-26(27)30(23-13-5-3-6-14-23)24-15-7-4-8-16-24/h3-22,30H,1-2H3. The van der Waals surface area contributed by atoms with Gasteiger partial charge in [0.05, 0.1) is 0 Å². The zero-order valence-corrected chi connectivity index (χ0v) is 22.1. The Morgan fingerprint density at radius 1 is 0.545 bits per heavy atom. The van der Waals surface area contributed by atoms with Crippen LogP contribution >= 0.6 is 7.92 Å². The quantitative estimate of drug-likeness (QED) is 0.151. The van der Waals surface area contributed by atoms with Gasteiger partial charge in [0.2, 0.25) is 0 Å². The van der Waals surface area contributed by atoms with Gasteiger partial charge in [0.15, 0.2) is 0 Å². The molecule has 0 nitrogen and oxygen atoms in total. The molecule has 0 atom stereocenters. The normalized spacial score (nSPS) is 11.4. The van der Waals surface area contributed by atoms with Crippen molar-refractivity contribution in [2.75, 3.05) is 13.3 Å². The third kappa shape index (κ3) is 4.69. The van der Waals surface area contributed by atoms with E-state index < -0.39 is 15.4 Å². The van der Waals surface area contributed by atoms with Gasteiger partial charge in [-0.1, -0.05) is 0 Å². The van der Waals surface area contributed by atoms with Crippen LogP contribution in [0.25, 0.3) is 10.8 Å². The maximum atomic E-state index is 2.38. The second kappa shape index (κ2) is 10.1. The number of fused-ring (bicyclic) bond motifs is 1. The monoisotopic (exact) mass is 504 g/mol. The van der Waals surface area contributed by atoms with Crippen molar-refractivity contribution in [2.45, 2.75) is 5.92 Å². The van der Waals surface area contributed by atoms with Crippen molar-refractivity contribution in [1.82, 2.24) is 0 Å². The van der Waals surface area contributed by atoms with Crippen LogP contribution in [0.2, 0.25) is 0 Å². The van der Waals surface area contributed by atoms with Crippen molar-refractivity contribution in [2.24, 2.45) is 0 Å². The molecular formula is C31H27GeP. The van der Waals surface area contributed by atoms with E-state index >= 15 is 0 Å². The Balaban J connectivity index is 1.66. The molecule has 0 heterocycles. The van der Waals surface area contributed by atoms with Gasteiger partial charge in [0.1, 0.15) is 0 Å². The summed E-state index contributed by atoms with van der Waals surface area (Å²) in [6, 6.07) is 44.8. The van der Waals surface area contributed by atoms with Gasteiger partial charge in [0.25, 0.3) is 0 Å². The molecule has 0 spiro atoms. The molecule has 0 unspecified atom stereocenters. The van der Waals surface area contributed by atoms with Crippen molar-refractivity contribution < 1.29 is 0 Å². The molecule has 0 fully saturated rings. The Morgan fingerprint density at radius 3 is 1.73 bits per heavy atom. The van der Waals surface area contributed by atoms with Crippen LogP contribution in [0.3, 0.4) is 0 Å². The predicted octanol–water partition coefficient (Wildman–Crippen LogP) is 6.04. The molecule has 0 bridgehead atoms. The fourth-order valence-corrected chi connectivity index (χ4v) is 8.94. The molecule has 0 N–H and O–H groups in total. The molecule has 0 aromatic heterocycles. The van der Waals surface area contributed by atoms with Crippen LogP contribution in [0.15, 0.2) is 121 Å². The van der Waals surface area contributed by atoms with E-state index in [9.17, 15) is 0 Å². The molecule has 0 aliphatic heterocycles. The summed E-state index contributed by atoms with van der Waals surface area (Å²) >= 11 is -0.519. The summed E-state index contributed by atoms with van der Waals surface area (Å²) in [6.45, 7) is 4.74. The molecular weight excluding hydrogens is 476 g/mol. The van der Waals surface area contributed by atoms with Gasteiger partial charge >= 0.3 is 205 Å². The molecule has 0 aliphatic carbocycles. The molecule has 0 saturated heterocycles. The maximum absolute atomic E-state index is 2.38. The van der Waals surface area contributed by atoms with Gasteiger partial charge in [-0.3, -0.25) is 0 Å². The predicted molar refractivity (Wildman–Crippen MR) is 148 cm³/mol. The molecule has 2 heteroatoms. The molecule has 33 heavy (non-hydrogen) atoms. The second-order valence-electron chi connectivity index (χ2n) is 8.54. The average Bonchev–Trinajstić information content (AvgIpc) is 2.86. The minimum atomic E-state index is -0.519. The van der Waals surface area contributed by atoms with Crippen molar-refractivity contribution in [3.8, 4) is 0 Å². The Hall–Kier alpha value is -2.67. The molecule has 0 amide bonds. The van der Waals surface area contributed by atoms with Crippen LogP contribution in [-0.2, 0) is 0 Å². The summed E-state index contributed by atoms with van der Waals surface area (Å²) in [5.41, 5.74) is 4.15.